The molecule has 2 amide bonds. The van der Waals surface area contributed by atoms with E-state index in [1.165, 1.54) is 19.3 Å². The van der Waals surface area contributed by atoms with E-state index in [4.69, 9.17) is 9.94 Å². The molecule has 1 rings (SSSR count). The van der Waals surface area contributed by atoms with Crippen molar-refractivity contribution < 1.29 is 24.3 Å². The molecule has 0 aromatic rings. The largest absolute Gasteiger partial charge is 0.465 e. The van der Waals surface area contributed by atoms with Crippen LogP contribution in [0.25, 0.3) is 0 Å². The first kappa shape index (κ1) is 15.6. The Morgan fingerprint density at radius 3 is 2.47 bits per heavy atom. The van der Waals surface area contributed by atoms with Crippen molar-refractivity contribution in [2.75, 3.05) is 6.61 Å². The van der Waals surface area contributed by atoms with E-state index in [0.29, 0.717) is 0 Å². The Bertz CT molecular complexity index is 342. The molecule has 1 aliphatic rings. The van der Waals surface area contributed by atoms with Crippen LogP contribution >= 0.6 is 0 Å². The van der Waals surface area contributed by atoms with Gasteiger partial charge in [0.2, 0.25) is 0 Å². The highest BCUT2D eigenvalue weighted by atomic mass is 16.5. The quantitative estimate of drug-likeness (QED) is 0.238. The van der Waals surface area contributed by atoms with Crippen LogP contribution in [-0.2, 0) is 19.1 Å². The molecule has 1 heterocycles. The minimum atomic E-state index is -1.17. The zero-order valence-corrected chi connectivity index (χ0v) is 11.3. The van der Waals surface area contributed by atoms with Crippen LogP contribution in [0.4, 0.5) is 0 Å². The number of nitrogens with zero attached hydrogens (tertiary/aromatic N) is 1. The Kier molecular flexibility index (Phi) is 6.49. The van der Waals surface area contributed by atoms with E-state index in [-0.39, 0.29) is 18.1 Å². The molecule has 6 nitrogen and oxygen atoms in total. The standard InChI is InChI=1S/C13H21NO5/c1-2-3-4-5-6-7-8-19-13(17)10-9-11(15)14(18)12(10)16/h10,18H,2-9H2,1H3. The number of amides is 2. The summed E-state index contributed by atoms with van der Waals surface area (Å²) in [6.45, 7) is 2.40. The topological polar surface area (TPSA) is 83.9 Å². The molecular weight excluding hydrogens is 250 g/mol. The van der Waals surface area contributed by atoms with Crippen LogP contribution in [0, 0.1) is 5.92 Å². The number of rotatable bonds is 8. The van der Waals surface area contributed by atoms with Gasteiger partial charge in [-0.05, 0) is 6.42 Å². The summed E-state index contributed by atoms with van der Waals surface area (Å²) in [6, 6.07) is 0. The fraction of sp³-hybridized carbons (Fsp3) is 0.769. The van der Waals surface area contributed by atoms with Gasteiger partial charge in [0.15, 0.2) is 0 Å². The maximum absolute atomic E-state index is 11.5. The minimum absolute atomic E-state index is 0.00330. The number of carbonyl (C=O) groups is 3. The van der Waals surface area contributed by atoms with E-state index in [2.05, 4.69) is 6.92 Å². The fourth-order valence-corrected chi connectivity index (χ4v) is 1.96. The first-order chi connectivity index (χ1) is 9.07. The van der Waals surface area contributed by atoms with Gasteiger partial charge in [0.25, 0.3) is 11.8 Å². The summed E-state index contributed by atoms with van der Waals surface area (Å²) >= 11 is 0. The monoisotopic (exact) mass is 271 g/mol. The minimum Gasteiger partial charge on any atom is -0.465 e. The van der Waals surface area contributed by atoms with Crippen molar-refractivity contribution in [3.8, 4) is 0 Å². The van der Waals surface area contributed by atoms with Crippen LogP contribution in [0.3, 0.4) is 0 Å². The third kappa shape index (κ3) is 4.63. The maximum Gasteiger partial charge on any atom is 0.319 e. The second kappa shape index (κ2) is 7.89. The second-order valence-corrected chi connectivity index (χ2v) is 4.74. The van der Waals surface area contributed by atoms with E-state index in [9.17, 15) is 14.4 Å². The van der Waals surface area contributed by atoms with Gasteiger partial charge in [-0.1, -0.05) is 39.0 Å². The average Bonchev–Trinajstić information content (AvgIpc) is 2.65. The van der Waals surface area contributed by atoms with E-state index in [1.807, 2.05) is 0 Å². The summed E-state index contributed by atoms with van der Waals surface area (Å²) in [4.78, 5) is 33.9. The molecule has 0 bridgehead atoms. The molecule has 1 aliphatic heterocycles. The lowest BCUT2D eigenvalue weighted by atomic mass is 10.1. The van der Waals surface area contributed by atoms with Crippen LogP contribution in [-0.4, -0.2) is 34.7 Å². The molecule has 0 aliphatic carbocycles. The maximum atomic E-state index is 11.5. The molecule has 1 unspecified atom stereocenters. The molecule has 0 saturated carbocycles. The Hall–Kier alpha value is -1.43. The van der Waals surface area contributed by atoms with Crippen molar-refractivity contribution in [1.82, 2.24) is 5.06 Å². The number of carbonyl (C=O) groups excluding carboxylic acids is 3. The highest BCUT2D eigenvalue weighted by Gasteiger charge is 2.43. The molecule has 0 spiro atoms. The normalized spacial score (nSPS) is 19.1. The molecule has 1 fully saturated rings. The van der Waals surface area contributed by atoms with E-state index < -0.39 is 23.7 Å². The molecule has 19 heavy (non-hydrogen) atoms. The number of hydrogen-bond donors (Lipinski definition) is 1. The van der Waals surface area contributed by atoms with Crippen molar-refractivity contribution in [2.45, 2.75) is 51.9 Å². The number of ether oxygens (including phenoxy) is 1. The van der Waals surface area contributed by atoms with Crippen LogP contribution < -0.4 is 0 Å². The Balaban J connectivity index is 2.15. The van der Waals surface area contributed by atoms with Gasteiger partial charge in [-0.2, -0.15) is 5.06 Å². The van der Waals surface area contributed by atoms with Gasteiger partial charge >= 0.3 is 5.97 Å². The van der Waals surface area contributed by atoms with Gasteiger partial charge in [0.05, 0.1) is 13.0 Å². The van der Waals surface area contributed by atoms with Crippen molar-refractivity contribution in [3.05, 3.63) is 0 Å². The van der Waals surface area contributed by atoms with Crippen LogP contribution in [0.2, 0.25) is 0 Å². The number of hydrogen-bond acceptors (Lipinski definition) is 5. The zero-order valence-electron chi connectivity index (χ0n) is 11.3. The van der Waals surface area contributed by atoms with Gasteiger partial charge in [-0.25, -0.2) is 0 Å². The van der Waals surface area contributed by atoms with E-state index in [0.717, 1.165) is 19.3 Å². The Labute approximate surface area is 112 Å². The van der Waals surface area contributed by atoms with Crippen molar-refractivity contribution in [2.24, 2.45) is 5.92 Å². The second-order valence-electron chi connectivity index (χ2n) is 4.74. The molecule has 1 N–H and O–H groups in total. The SMILES string of the molecule is CCCCCCCCOC(=O)C1CC(=O)N(O)C1=O. The summed E-state index contributed by atoms with van der Waals surface area (Å²) < 4.78 is 4.95. The summed E-state index contributed by atoms with van der Waals surface area (Å²) in [6.07, 6.45) is 6.13. The van der Waals surface area contributed by atoms with Gasteiger partial charge in [-0.3, -0.25) is 19.6 Å². The lowest BCUT2D eigenvalue weighted by Gasteiger charge is -2.08. The zero-order chi connectivity index (χ0) is 14.3. The number of imide groups is 1. The smallest absolute Gasteiger partial charge is 0.319 e. The first-order valence-electron chi connectivity index (χ1n) is 6.80. The lowest BCUT2D eigenvalue weighted by Crippen LogP contribution is -2.30. The molecule has 1 atom stereocenters. The van der Waals surface area contributed by atoms with Crippen LogP contribution in [0.1, 0.15) is 51.9 Å². The molecule has 108 valence electrons. The number of hydroxylamine groups is 2. The highest BCUT2D eigenvalue weighted by Crippen LogP contribution is 2.19. The number of unbranched alkanes of at least 4 members (excludes halogenated alkanes) is 5. The molecule has 0 aromatic heterocycles. The van der Waals surface area contributed by atoms with Gasteiger partial charge in [0, 0.05) is 0 Å². The molecular formula is C13H21NO5. The van der Waals surface area contributed by atoms with Gasteiger partial charge < -0.3 is 4.74 Å². The molecule has 1 saturated heterocycles. The molecule has 0 radical (unpaired) electrons. The molecule has 0 aromatic carbocycles. The highest BCUT2D eigenvalue weighted by molar-refractivity contribution is 6.11. The summed E-state index contributed by atoms with van der Waals surface area (Å²) in [5.74, 6) is -3.54. The van der Waals surface area contributed by atoms with E-state index in [1.54, 1.807) is 0 Å². The van der Waals surface area contributed by atoms with E-state index >= 15 is 0 Å². The van der Waals surface area contributed by atoms with Crippen LogP contribution in [0.5, 0.6) is 0 Å². The van der Waals surface area contributed by atoms with Gasteiger partial charge in [-0.15, -0.1) is 0 Å². The first-order valence-corrected chi connectivity index (χ1v) is 6.80. The third-order valence-corrected chi connectivity index (χ3v) is 3.15. The lowest BCUT2D eigenvalue weighted by molar-refractivity contribution is -0.173. The summed E-state index contributed by atoms with van der Waals surface area (Å²) in [5, 5.41) is 9.00. The Morgan fingerprint density at radius 1 is 1.26 bits per heavy atom. The van der Waals surface area contributed by atoms with Gasteiger partial charge in [0.1, 0.15) is 5.92 Å². The van der Waals surface area contributed by atoms with Crippen molar-refractivity contribution in [3.63, 3.8) is 0 Å². The Morgan fingerprint density at radius 2 is 1.89 bits per heavy atom. The molecule has 6 heteroatoms. The average molecular weight is 271 g/mol. The van der Waals surface area contributed by atoms with Crippen molar-refractivity contribution >= 4 is 17.8 Å². The van der Waals surface area contributed by atoms with Crippen LogP contribution in [0.15, 0.2) is 0 Å². The van der Waals surface area contributed by atoms with Crippen molar-refractivity contribution in [1.29, 1.82) is 0 Å². The summed E-state index contributed by atoms with van der Waals surface area (Å²) in [5.41, 5.74) is 0. The number of esters is 1. The predicted molar refractivity (Wildman–Crippen MR) is 66.1 cm³/mol. The summed E-state index contributed by atoms with van der Waals surface area (Å²) in [7, 11) is 0. The predicted octanol–water partition coefficient (Wildman–Crippen LogP) is 1.65. The fourth-order valence-electron chi connectivity index (χ4n) is 1.96. The third-order valence-electron chi connectivity index (χ3n) is 3.15.